The number of nitriles is 1. The molecule has 2 aromatic rings. The number of rotatable bonds is 4. The van der Waals surface area contributed by atoms with Crippen molar-refractivity contribution >= 4 is 17.5 Å². The first-order valence-corrected chi connectivity index (χ1v) is 6.52. The summed E-state index contributed by atoms with van der Waals surface area (Å²) < 4.78 is 4.92. The summed E-state index contributed by atoms with van der Waals surface area (Å²) >= 11 is 0. The Hall–Kier alpha value is -2.87. The second kappa shape index (κ2) is 6.53. The smallest absolute Gasteiger partial charge is 0.339 e. The predicted molar refractivity (Wildman–Crippen MR) is 79.4 cm³/mol. The van der Waals surface area contributed by atoms with Gasteiger partial charge in [0.05, 0.1) is 23.8 Å². The molecular formula is C16H15N3O2. The summed E-state index contributed by atoms with van der Waals surface area (Å²) in [6.07, 6.45) is 1.49. The number of anilines is 2. The minimum atomic E-state index is -0.377. The molecule has 0 unspecified atom stereocenters. The van der Waals surface area contributed by atoms with Crippen LogP contribution in [0.25, 0.3) is 0 Å². The van der Waals surface area contributed by atoms with Crippen LogP contribution in [0.2, 0.25) is 0 Å². The van der Waals surface area contributed by atoms with E-state index in [1.807, 2.05) is 24.1 Å². The molecule has 0 saturated carbocycles. The number of pyridine rings is 1. The molecule has 0 saturated heterocycles. The largest absolute Gasteiger partial charge is 0.462 e. The molecule has 0 aliphatic carbocycles. The van der Waals surface area contributed by atoms with E-state index in [2.05, 4.69) is 11.1 Å². The molecule has 21 heavy (non-hydrogen) atoms. The van der Waals surface area contributed by atoms with Gasteiger partial charge in [-0.25, -0.2) is 9.78 Å². The van der Waals surface area contributed by atoms with Crippen molar-refractivity contribution in [2.45, 2.75) is 6.92 Å². The van der Waals surface area contributed by atoms with Gasteiger partial charge in [0.15, 0.2) is 0 Å². The number of esters is 1. The Morgan fingerprint density at radius 1 is 1.29 bits per heavy atom. The fourth-order valence-corrected chi connectivity index (χ4v) is 1.81. The van der Waals surface area contributed by atoms with E-state index >= 15 is 0 Å². The van der Waals surface area contributed by atoms with Gasteiger partial charge in [-0.1, -0.05) is 0 Å². The minimum Gasteiger partial charge on any atom is -0.462 e. The molecule has 2 rings (SSSR count). The highest BCUT2D eigenvalue weighted by Gasteiger charge is 2.09. The van der Waals surface area contributed by atoms with Crippen molar-refractivity contribution in [2.24, 2.45) is 0 Å². The van der Waals surface area contributed by atoms with Crippen LogP contribution in [0.4, 0.5) is 11.5 Å². The second-order valence-electron chi connectivity index (χ2n) is 4.34. The van der Waals surface area contributed by atoms with Crippen LogP contribution in [-0.4, -0.2) is 24.6 Å². The Labute approximate surface area is 123 Å². The molecule has 0 N–H and O–H groups in total. The number of aromatic nitrogens is 1. The summed E-state index contributed by atoms with van der Waals surface area (Å²) in [5.41, 5.74) is 1.94. The maximum atomic E-state index is 11.6. The van der Waals surface area contributed by atoms with Gasteiger partial charge in [-0.15, -0.1) is 0 Å². The summed E-state index contributed by atoms with van der Waals surface area (Å²) in [6.45, 7) is 2.10. The van der Waals surface area contributed by atoms with Gasteiger partial charge in [0.25, 0.3) is 0 Å². The van der Waals surface area contributed by atoms with Gasteiger partial charge < -0.3 is 9.64 Å². The van der Waals surface area contributed by atoms with E-state index in [1.54, 1.807) is 31.2 Å². The lowest BCUT2D eigenvalue weighted by Gasteiger charge is -2.18. The lowest BCUT2D eigenvalue weighted by molar-refractivity contribution is 0.0526. The van der Waals surface area contributed by atoms with Crippen LogP contribution in [0.3, 0.4) is 0 Å². The van der Waals surface area contributed by atoms with Crippen LogP contribution in [0.15, 0.2) is 42.6 Å². The summed E-state index contributed by atoms with van der Waals surface area (Å²) in [4.78, 5) is 17.7. The van der Waals surface area contributed by atoms with Crippen LogP contribution in [0, 0.1) is 11.3 Å². The maximum Gasteiger partial charge on any atom is 0.339 e. The fourth-order valence-electron chi connectivity index (χ4n) is 1.81. The van der Waals surface area contributed by atoms with Crippen LogP contribution in [0.5, 0.6) is 0 Å². The van der Waals surface area contributed by atoms with Gasteiger partial charge in [0.1, 0.15) is 5.82 Å². The third kappa shape index (κ3) is 3.37. The monoisotopic (exact) mass is 281 g/mol. The Balaban J connectivity index is 2.17. The van der Waals surface area contributed by atoms with Crippen LogP contribution in [-0.2, 0) is 4.74 Å². The summed E-state index contributed by atoms with van der Waals surface area (Å²) in [5.74, 6) is 0.324. The quantitative estimate of drug-likeness (QED) is 0.806. The SMILES string of the molecule is CCOC(=O)c1ccc(N(C)c2ccc(C#N)cc2)nc1. The van der Waals surface area contributed by atoms with Gasteiger partial charge in [-0.3, -0.25) is 0 Å². The van der Waals surface area contributed by atoms with Crippen molar-refractivity contribution in [1.82, 2.24) is 4.98 Å². The van der Waals surface area contributed by atoms with E-state index in [-0.39, 0.29) is 5.97 Å². The average molecular weight is 281 g/mol. The second-order valence-corrected chi connectivity index (χ2v) is 4.34. The van der Waals surface area contributed by atoms with Gasteiger partial charge >= 0.3 is 5.97 Å². The average Bonchev–Trinajstić information content (AvgIpc) is 2.54. The summed E-state index contributed by atoms with van der Waals surface area (Å²) in [5, 5.41) is 8.79. The highest BCUT2D eigenvalue weighted by atomic mass is 16.5. The van der Waals surface area contributed by atoms with E-state index in [0.29, 0.717) is 23.6 Å². The van der Waals surface area contributed by atoms with E-state index in [0.717, 1.165) is 5.69 Å². The number of carbonyl (C=O) groups is 1. The highest BCUT2D eigenvalue weighted by molar-refractivity contribution is 5.89. The van der Waals surface area contributed by atoms with E-state index in [9.17, 15) is 4.79 Å². The van der Waals surface area contributed by atoms with Gasteiger partial charge in [-0.2, -0.15) is 5.26 Å². The van der Waals surface area contributed by atoms with Gasteiger partial charge in [0, 0.05) is 18.9 Å². The number of hydrogen-bond acceptors (Lipinski definition) is 5. The Morgan fingerprint density at radius 3 is 2.52 bits per heavy atom. The zero-order chi connectivity index (χ0) is 15.2. The molecule has 0 amide bonds. The molecule has 0 bridgehead atoms. The van der Waals surface area contributed by atoms with Crippen molar-refractivity contribution in [3.63, 3.8) is 0 Å². The molecule has 1 heterocycles. The normalized spacial score (nSPS) is 9.76. The first kappa shape index (κ1) is 14.5. The highest BCUT2D eigenvalue weighted by Crippen LogP contribution is 2.22. The number of carbonyl (C=O) groups excluding carboxylic acids is 1. The molecular weight excluding hydrogens is 266 g/mol. The predicted octanol–water partition coefficient (Wildman–Crippen LogP) is 2.90. The number of hydrogen-bond donors (Lipinski definition) is 0. The first-order chi connectivity index (χ1) is 10.2. The summed E-state index contributed by atoms with van der Waals surface area (Å²) in [7, 11) is 1.87. The fraction of sp³-hybridized carbons (Fsp3) is 0.188. The molecule has 5 heteroatoms. The standard InChI is InChI=1S/C16H15N3O2/c1-3-21-16(20)13-6-9-15(18-11-13)19(2)14-7-4-12(10-17)5-8-14/h4-9,11H,3H2,1-2H3. The molecule has 1 aromatic carbocycles. The van der Waals surface area contributed by atoms with Crippen LogP contribution in [0.1, 0.15) is 22.8 Å². The molecule has 0 aliphatic heterocycles. The van der Waals surface area contributed by atoms with Crippen LogP contribution >= 0.6 is 0 Å². The van der Waals surface area contributed by atoms with Gasteiger partial charge in [-0.05, 0) is 43.3 Å². The van der Waals surface area contributed by atoms with E-state index in [4.69, 9.17) is 10.00 Å². The van der Waals surface area contributed by atoms with Crippen molar-refractivity contribution in [3.05, 3.63) is 53.7 Å². The number of nitrogens with zero attached hydrogens (tertiary/aromatic N) is 3. The molecule has 106 valence electrons. The lowest BCUT2D eigenvalue weighted by atomic mass is 10.2. The molecule has 0 aliphatic rings. The molecule has 5 nitrogen and oxygen atoms in total. The molecule has 0 atom stereocenters. The number of ether oxygens (including phenoxy) is 1. The molecule has 0 fully saturated rings. The number of benzene rings is 1. The van der Waals surface area contributed by atoms with Crippen molar-refractivity contribution in [1.29, 1.82) is 5.26 Å². The molecule has 0 spiro atoms. The Morgan fingerprint density at radius 2 is 2.00 bits per heavy atom. The lowest BCUT2D eigenvalue weighted by Crippen LogP contribution is -2.12. The Kier molecular flexibility index (Phi) is 4.52. The zero-order valence-electron chi connectivity index (χ0n) is 11.9. The topological polar surface area (TPSA) is 66.2 Å². The third-order valence-electron chi connectivity index (χ3n) is 2.99. The van der Waals surface area contributed by atoms with Crippen molar-refractivity contribution < 1.29 is 9.53 Å². The third-order valence-corrected chi connectivity index (χ3v) is 2.99. The first-order valence-electron chi connectivity index (χ1n) is 6.52. The zero-order valence-corrected chi connectivity index (χ0v) is 11.9. The van der Waals surface area contributed by atoms with Crippen LogP contribution < -0.4 is 4.90 Å². The summed E-state index contributed by atoms with van der Waals surface area (Å²) in [6, 6.07) is 12.7. The van der Waals surface area contributed by atoms with E-state index < -0.39 is 0 Å². The Bertz CT molecular complexity index is 657. The molecule has 0 radical (unpaired) electrons. The minimum absolute atomic E-state index is 0.339. The van der Waals surface area contributed by atoms with Gasteiger partial charge in [0.2, 0.25) is 0 Å². The molecule has 1 aromatic heterocycles. The van der Waals surface area contributed by atoms with E-state index in [1.165, 1.54) is 6.20 Å². The van der Waals surface area contributed by atoms with Crippen molar-refractivity contribution in [3.8, 4) is 6.07 Å². The van der Waals surface area contributed by atoms with Crippen molar-refractivity contribution in [2.75, 3.05) is 18.6 Å². The maximum absolute atomic E-state index is 11.6.